The molecule has 0 aromatic rings. The van der Waals surface area contributed by atoms with Crippen molar-refractivity contribution in [1.29, 1.82) is 0 Å². The van der Waals surface area contributed by atoms with Gasteiger partial charge in [-0.2, -0.15) is 0 Å². The molecule has 0 saturated carbocycles. The van der Waals surface area contributed by atoms with Crippen molar-refractivity contribution in [2.75, 3.05) is 0 Å². The zero-order chi connectivity index (χ0) is 14.2. The van der Waals surface area contributed by atoms with E-state index in [1.54, 1.807) is 12.2 Å². The standard InChI is InChI=1S/C16H22O4/c1-2-3-14-10-13(18)11-16(19-14)9-8-15(20-16)6-4-12(17)5-7-15/h4-7,13-14,18H,2-3,8-11H2,1H3/t13-,14-,16+/m1/s1. The number of aliphatic hydroxyl groups is 1. The molecule has 2 heterocycles. The summed E-state index contributed by atoms with van der Waals surface area (Å²) in [6.45, 7) is 2.12. The van der Waals surface area contributed by atoms with E-state index in [0.717, 1.165) is 25.7 Å². The summed E-state index contributed by atoms with van der Waals surface area (Å²) < 4.78 is 12.4. The van der Waals surface area contributed by atoms with E-state index in [1.165, 1.54) is 0 Å². The van der Waals surface area contributed by atoms with E-state index in [2.05, 4.69) is 6.92 Å². The van der Waals surface area contributed by atoms with Gasteiger partial charge in [-0.1, -0.05) is 13.3 Å². The molecule has 4 nitrogen and oxygen atoms in total. The number of hydrogen-bond donors (Lipinski definition) is 1. The molecule has 3 rings (SSSR count). The van der Waals surface area contributed by atoms with Gasteiger partial charge in [-0.3, -0.25) is 4.79 Å². The number of ketones is 1. The minimum absolute atomic E-state index is 0.00590. The lowest BCUT2D eigenvalue weighted by Crippen LogP contribution is -2.47. The lowest BCUT2D eigenvalue weighted by Gasteiger charge is -2.41. The van der Waals surface area contributed by atoms with Crippen LogP contribution in [-0.2, 0) is 14.3 Å². The highest BCUT2D eigenvalue weighted by molar-refractivity contribution is 6.00. The monoisotopic (exact) mass is 278 g/mol. The van der Waals surface area contributed by atoms with Crippen molar-refractivity contribution in [1.82, 2.24) is 0 Å². The molecule has 1 aliphatic carbocycles. The van der Waals surface area contributed by atoms with E-state index in [0.29, 0.717) is 12.8 Å². The van der Waals surface area contributed by atoms with Gasteiger partial charge in [-0.25, -0.2) is 0 Å². The van der Waals surface area contributed by atoms with Gasteiger partial charge in [0.1, 0.15) is 5.60 Å². The fraction of sp³-hybridized carbons (Fsp3) is 0.688. The van der Waals surface area contributed by atoms with E-state index >= 15 is 0 Å². The summed E-state index contributed by atoms with van der Waals surface area (Å²) >= 11 is 0. The Morgan fingerprint density at radius 2 is 2.10 bits per heavy atom. The van der Waals surface area contributed by atoms with Gasteiger partial charge in [0.15, 0.2) is 11.6 Å². The Morgan fingerprint density at radius 1 is 1.35 bits per heavy atom. The second-order valence-corrected chi connectivity index (χ2v) is 6.16. The predicted octanol–water partition coefficient (Wildman–Crippen LogP) is 2.27. The van der Waals surface area contributed by atoms with Crippen molar-refractivity contribution in [2.24, 2.45) is 0 Å². The molecule has 0 aromatic carbocycles. The normalized spacial score (nSPS) is 39.0. The molecule has 3 atom stereocenters. The zero-order valence-corrected chi connectivity index (χ0v) is 11.9. The third-order valence-corrected chi connectivity index (χ3v) is 4.41. The number of ether oxygens (including phenoxy) is 2. The molecule has 0 unspecified atom stereocenters. The summed E-state index contributed by atoms with van der Waals surface area (Å²) in [6, 6.07) is 0. The van der Waals surface area contributed by atoms with Crippen molar-refractivity contribution < 1.29 is 19.4 Å². The maximum atomic E-state index is 11.3. The smallest absolute Gasteiger partial charge is 0.178 e. The second kappa shape index (κ2) is 5.10. The summed E-state index contributed by atoms with van der Waals surface area (Å²) in [5.74, 6) is -0.694. The molecule has 0 radical (unpaired) electrons. The van der Waals surface area contributed by atoms with Crippen molar-refractivity contribution in [2.45, 2.75) is 69.0 Å². The summed E-state index contributed by atoms with van der Waals surface area (Å²) in [5.41, 5.74) is -0.526. The Kier molecular flexibility index (Phi) is 3.56. The molecule has 110 valence electrons. The number of carbonyl (C=O) groups is 1. The van der Waals surface area contributed by atoms with Crippen molar-refractivity contribution in [3.8, 4) is 0 Å². The third-order valence-electron chi connectivity index (χ3n) is 4.41. The van der Waals surface area contributed by atoms with Crippen LogP contribution in [0.1, 0.15) is 45.4 Å². The van der Waals surface area contributed by atoms with Crippen molar-refractivity contribution in [3.05, 3.63) is 24.3 Å². The van der Waals surface area contributed by atoms with Gasteiger partial charge >= 0.3 is 0 Å². The van der Waals surface area contributed by atoms with Gasteiger partial charge < -0.3 is 14.6 Å². The average Bonchev–Trinajstić information content (AvgIpc) is 2.71. The number of allylic oxidation sites excluding steroid dienone is 2. The Labute approximate surface area is 119 Å². The van der Waals surface area contributed by atoms with Crippen LogP contribution in [0.2, 0.25) is 0 Å². The topological polar surface area (TPSA) is 55.8 Å². The lowest BCUT2D eigenvalue weighted by atomic mass is 9.91. The molecule has 20 heavy (non-hydrogen) atoms. The van der Waals surface area contributed by atoms with Crippen molar-refractivity contribution in [3.63, 3.8) is 0 Å². The van der Waals surface area contributed by atoms with Gasteiger partial charge in [0.05, 0.1) is 12.2 Å². The molecule has 4 heteroatoms. The third kappa shape index (κ3) is 2.60. The van der Waals surface area contributed by atoms with Crippen LogP contribution in [0.25, 0.3) is 0 Å². The Morgan fingerprint density at radius 3 is 2.80 bits per heavy atom. The van der Waals surface area contributed by atoms with Gasteiger partial charge in [0, 0.05) is 12.8 Å². The molecule has 2 fully saturated rings. The first kappa shape index (κ1) is 14.0. The molecular weight excluding hydrogens is 256 g/mol. The molecule has 0 bridgehead atoms. The number of rotatable bonds is 2. The highest BCUT2D eigenvalue weighted by atomic mass is 16.7. The van der Waals surface area contributed by atoms with E-state index in [9.17, 15) is 9.90 Å². The van der Waals surface area contributed by atoms with E-state index in [4.69, 9.17) is 9.47 Å². The average molecular weight is 278 g/mol. The van der Waals surface area contributed by atoms with Crippen LogP contribution in [0.5, 0.6) is 0 Å². The zero-order valence-electron chi connectivity index (χ0n) is 11.9. The summed E-state index contributed by atoms with van der Waals surface area (Å²) in [5, 5.41) is 10.1. The molecule has 2 spiro atoms. The summed E-state index contributed by atoms with van der Waals surface area (Å²) in [7, 11) is 0. The molecule has 3 aliphatic rings. The molecular formula is C16H22O4. The molecule has 2 aliphatic heterocycles. The highest BCUT2D eigenvalue weighted by Gasteiger charge is 2.52. The van der Waals surface area contributed by atoms with E-state index in [-0.39, 0.29) is 18.0 Å². The Balaban J connectivity index is 1.76. The first-order valence-electron chi connectivity index (χ1n) is 7.53. The minimum atomic E-state index is -0.688. The van der Waals surface area contributed by atoms with Crippen LogP contribution >= 0.6 is 0 Å². The van der Waals surface area contributed by atoms with E-state index < -0.39 is 11.4 Å². The molecule has 0 aromatic heterocycles. The predicted molar refractivity (Wildman–Crippen MR) is 74.1 cm³/mol. The Bertz CT molecular complexity index is 437. The Hall–Kier alpha value is -0.970. The molecule has 1 N–H and O–H groups in total. The number of hydrogen-bond acceptors (Lipinski definition) is 4. The van der Waals surface area contributed by atoms with Crippen LogP contribution in [-0.4, -0.2) is 34.5 Å². The van der Waals surface area contributed by atoms with Crippen LogP contribution in [0.4, 0.5) is 0 Å². The fourth-order valence-electron chi connectivity index (χ4n) is 3.50. The van der Waals surface area contributed by atoms with Gasteiger partial charge in [0.25, 0.3) is 0 Å². The van der Waals surface area contributed by atoms with E-state index in [1.807, 2.05) is 12.2 Å². The lowest BCUT2D eigenvalue weighted by molar-refractivity contribution is -0.292. The van der Waals surface area contributed by atoms with Crippen LogP contribution in [0.3, 0.4) is 0 Å². The summed E-state index contributed by atoms with van der Waals surface area (Å²) in [4.78, 5) is 11.3. The minimum Gasteiger partial charge on any atom is -0.393 e. The molecule has 2 saturated heterocycles. The van der Waals surface area contributed by atoms with Gasteiger partial charge in [-0.15, -0.1) is 0 Å². The summed E-state index contributed by atoms with van der Waals surface area (Å²) in [6.07, 6.45) is 11.2. The highest BCUT2D eigenvalue weighted by Crippen LogP contribution is 2.47. The second-order valence-electron chi connectivity index (χ2n) is 6.16. The first-order chi connectivity index (χ1) is 9.55. The largest absolute Gasteiger partial charge is 0.393 e. The van der Waals surface area contributed by atoms with Crippen molar-refractivity contribution >= 4 is 5.78 Å². The first-order valence-corrected chi connectivity index (χ1v) is 7.53. The fourth-order valence-corrected chi connectivity index (χ4v) is 3.50. The number of carbonyl (C=O) groups excluding carboxylic acids is 1. The van der Waals surface area contributed by atoms with Gasteiger partial charge in [0.2, 0.25) is 0 Å². The van der Waals surface area contributed by atoms with Crippen LogP contribution in [0.15, 0.2) is 24.3 Å². The SMILES string of the molecule is CCC[C@@H]1C[C@@H](O)C[C@@]2(CCC3(C=CC(=O)C=C3)O2)O1. The maximum absolute atomic E-state index is 11.3. The van der Waals surface area contributed by atoms with Crippen LogP contribution in [0, 0.1) is 0 Å². The van der Waals surface area contributed by atoms with Gasteiger partial charge in [-0.05, 0) is 43.6 Å². The quantitative estimate of drug-likeness (QED) is 0.842. The number of aliphatic hydroxyl groups excluding tert-OH is 1. The maximum Gasteiger partial charge on any atom is 0.178 e. The molecule has 0 amide bonds. The van der Waals surface area contributed by atoms with Crippen LogP contribution < -0.4 is 0 Å².